The number of hydrogen-bond acceptors (Lipinski definition) is 5. The van der Waals surface area contributed by atoms with Gasteiger partial charge in [-0.15, -0.1) is 0 Å². The van der Waals surface area contributed by atoms with Gasteiger partial charge in [-0.25, -0.2) is 12.8 Å². The second-order valence-corrected chi connectivity index (χ2v) is 8.30. The van der Waals surface area contributed by atoms with E-state index in [-0.39, 0.29) is 16.3 Å². The van der Waals surface area contributed by atoms with Gasteiger partial charge < -0.3 is 9.84 Å². The molecule has 0 saturated carbocycles. The van der Waals surface area contributed by atoms with Crippen LogP contribution in [0, 0.1) is 5.82 Å². The molecule has 6 nitrogen and oxygen atoms in total. The molecule has 2 N–H and O–H groups in total. The van der Waals surface area contributed by atoms with E-state index in [1.807, 2.05) is 4.72 Å². The number of ketones is 1. The second-order valence-electron chi connectivity index (χ2n) is 5.23. The van der Waals surface area contributed by atoms with E-state index < -0.39 is 38.9 Å². The third-order valence-electron chi connectivity index (χ3n) is 3.41. The van der Waals surface area contributed by atoms with Crippen LogP contribution in [0.4, 0.5) is 4.39 Å². The van der Waals surface area contributed by atoms with Crippen molar-refractivity contribution in [3.8, 4) is 0 Å². The Morgan fingerprint density at radius 2 is 2.12 bits per heavy atom. The maximum Gasteiger partial charge on any atom is 0.250 e. The van der Waals surface area contributed by atoms with Crippen molar-refractivity contribution in [2.45, 2.75) is 18.9 Å². The lowest BCUT2D eigenvalue weighted by molar-refractivity contribution is -0.132. The number of carbonyl (C=O) groups excluding carboxylic acids is 1. The van der Waals surface area contributed by atoms with Crippen LogP contribution in [0.15, 0.2) is 29.8 Å². The predicted octanol–water partition coefficient (Wildman–Crippen LogP) is 2.73. The third-order valence-corrected chi connectivity index (χ3v) is 5.53. The van der Waals surface area contributed by atoms with E-state index in [0.29, 0.717) is 11.8 Å². The second kappa shape index (κ2) is 6.89. The minimum atomic E-state index is -3.82. The largest absolute Gasteiger partial charge is 0.501 e. The van der Waals surface area contributed by atoms with Crippen LogP contribution in [0.1, 0.15) is 18.9 Å². The first kappa shape index (κ1) is 19.0. The average molecular weight is 443 g/mol. The Morgan fingerprint density at radius 1 is 1.46 bits per heavy atom. The molecule has 24 heavy (non-hydrogen) atoms. The fourth-order valence-corrected chi connectivity index (χ4v) is 4.05. The van der Waals surface area contributed by atoms with Crippen LogP contribution < -0.4 is 4.72 Å². The zero-order valence-corrected chi connectivity index (χ0v) is 15.6. The predicted molar refractivity (Wildman–Crippen MR) is 89.8 cm³/mol. The van der Waals surface area contributed by atoms with Crippen molar-refractivity contribution in [3.05, 3.63) is 46.2 Å². The Morgan fingerprint density at radius 3 is 2.71 bits per heavy atom. The Kier molecular flexibility index (Phi) is 5.46. The minimum absolute atomic E-state index is 0.123. The zero-order chi connectivity index (χ0) is 18.1. The molecule has 2 rings (SSSR count). The molecule has 1 atom stereocenters. The SMILES string of the molecule is CC1(c2ccc(Cl)cc2F)OC(NS(=O)(=O)CCCBr)=C(O)C1=O. The van der Waals surface area contributed by atoms with Crippen molar-refractivity contribution in [1.29, 1.82) is 0 Å². The summed E-state index contributed by atoms with van der Waals surface area (Å²) in [7, 11) is -3.82. The molecule has 0 fully saturated rings. The smallest absolute Gasteiger partial charge is 0.250 e. The van der Waals surface area contributed by atoms with Gasteiger partial charge >= 0.3 is 0 Å². The molecule has 0 spiro atoms. The van der Waals surface area contributed by atoms with Gasteiger partial charge in [0.2, 0.25) is 27.3 Å². The Labute approximate surface area is 151 Å². The molecule has 1 unspecified atom stereocenters. The number of alkyl halides is 1. The third kappa shape index (κ3) is 3.68. The highest BCUT2D eigenvalue weighted by molar-refractivity contribution is 9.09. The summed E-state index contributed by atoms with van der Waals surface area (Å²) in [6.45, 7) is 1.23. The summed E-state index contributed by atoms with van der Waals surface area (Å²) in [6, 6.07) is 3.59. The van der Waals surface area contributed by atoms with Crippen molar-refractivity contribution in [2.75, 3.05) is 11.1 Å². The number of aliphatic hydroxyl groups is 1. The highest BCUT2D eigenvalue weighted by atomic mass is 79.9. The molecule has 0 amide bonds. The van der Waals surface area contributed by atoms with E-state index in [1.54, 1.807) is 0 Å². The van der Waals surface area contributed by atoms with Gasteiger partial charge in [-0.2, -0.15) is 0 Å². The fraction of sp³-hybridized carbons (Fsp3) is 0.357. The Hall–Kier alpha value is -1.32. The number of halogens is 3. The number of ether oxygens (including phenoxy) is 1. The molecule has 1 heterocycles. The van der Waals surface area contributed by atoms with Gasteiger partial charge in [0, 0.05) is 15.9 Å². The topological polar surface area (TPSA) is 92.7 Å². The van der Waals surface area contributed by atoms with Gasteiger partial charge in [0.1, 0.15) is 5.82 Å². The lowest BCUT2D eigenvalue weighted by Gasteiger charge is -2.24. The summed E-state index contributed by atoms with van der Waals surface area (Å²) in [5, 5.41) is 10.5. The molecule has 0 aromatic heterocycles. The van der Waals surface area contributed by atoms with E-state index in [2.05, 4.69) is 15.9 Å². The van der Waals surface area contributed by atoms with Crippen molar-refractivity contribution < 1.29 is 27.4 Å². The van der Waals surface area contributed by atoms with E-state index in [9.17, 15) is 22.7 Å². The zero-order valence-electron chi connectivity index (χ0n) is 12.5. The number of rotatable bonds is 6. The van der Waals surface area contributed by atoms with Gasteiger partial charge in [-0.1, -0.05) is 33.6 Å². The van der Waals surface area contributed by atoms with Gasteiger partial charge in [0.05, 0.1) is 5.75 Å². The highest BCUT2D eigenvalue weighted by Gasteiger charge is 2.50. The normalized spacial score (nSPS) is 21.1. The van der Waals surface area contributed by atoms with Gasteiger partial charge in [-0.05, 0) is 25.5 Å². The van der Waals surface area contributed by atoms with Crippen LogP contribution in [-0.4, -0.2) is 30.4 Å². The van der Waals surface area contributed by atoms with Crippen molar-refractivity contribution in [2.24, 2.45) is 0 Å². The molecular formula is C14H14BrClFNO5S. The lowest BCUT2D eigenvalue weighted by atomic mass is 9.91. The maximum atomic E-state index is 14.1. The molecule has 0 aliphatic carbocycles. The molecule has 1 aromatic carbocycles. The summed E-state index contributed by atoms with van der Waals surface area (Å²) in [5.41, 5.74) is -2.07. The molecule has 0 bridgehead atoms. The quantitative estimate of drug-likeness (QED) is 0.661. The molecule has 1 aromatic rings. The molecule has 0 radical (unpaired) electrons. The van der Waals surface area contributed by atoms with Crippen molar-refractivity contribution >= 4 is 43.3 Å². The number of aliphatic hydroxyl groups excluding tert-OH is 1. The Balaban J connectivity index is 2.32. The van der Waals surface area contributed by atoms with E-state index in [1.165, 1.54) is 19.1 Å². The summed E-state index contributed by atoms with van der Waals surface area (Å²) in [4.78, 5) is 12.3. The lowest BCUT2D eigenvalue weighted by Crippen LogP contribution is -2.33. The number of benzene rings is 1. The fourth-order valence-electron chi connectivity index (χ4n) is 2.19. The van der Waals surface area contributed by atoms with Crippen LogP contribution in [0.2, 0.25) is 5.02 Å². The highest BCUT2D eigenvalue weighted by Crippen LogP contribution is 2.38. The van der Waals surface area contributed by atoms with E-state index in [4.69, 9.17) is 16.3 Å². The molecule has 1 aliphatic heterocycles. The van der Waals surface area contributed by atoms with Crippen LogP contribution >= 0.6 is 27.5 Å². The van der Waals surface area contributed by atoms with Gasteiger partial charge in [-0.3, -0.25) is 9.52 Å². The van der Waals surface area contributed by atoms with E-state index in [0.717, 1.165) is 6.07 Å². The first-order chi connectivity index (χ1) is 11.1. The minimum Gasteiger partial charge on any atom is -0.501 e. The maximum absolute atomic E-state index is 14.1. The standard InChI is InChI=1S/C14H14BrClFNO5S/c1-14(9-4-3-8(16)7-10(9)17)12(20)11(19)13(23-14)18-24(21,22)6-2-5-15/h3-4,7,18-19H,2,5-6H2,1H3. The van der Waals surface area contributed by atoms with Crippen molar-refractivity contribution in [1.82, 2.24) is 4.72 Å². The number of Topliss-reactive ketones (excluding diaryl/α,β-unsaturated/α-hetero) is 1. The molecular weight excluding hydrogens is 429 g/mol. The monoisotopic (exact) mass is 441 g/mol. The number of hydrogen-bond donors (Lipinski definition) is 2. The number of carbonyl (C=O) groups is 1. The first-order valence-corrected chi connectivity index (χ1v) is 9.95. The van der Waals surface area contributed by atoms with Gasteiger partial charge in [0.15, 0.2) is 0 Å². The number of nitrogens with one attached hydrogen (secondary N) is 1. The molecule has 1 aliphatic rings. The molecule has 132 valence electrons. The molecule has 0 saturated heterocycles. The van der Waals surface area contributed by atoms with Gasteiger partial charge in [0.25, 0.3) is 5.78 Å². The van der Waals surface area contributed by atoms with Crippen LogP contribution in [0.5, 0.6) is 0 Å². The summed E-state index contributed by atoms with van der Waals surface area (Å²) >= 11 is 8.78. The summed E-state index contributed by atoms with van der Waals surface area (Å²) < 4.78 is 45.2. The van der Waals surface area contributed by atoms with E-state index >= 15 is 0 Å². The van der Waals surface area contributed by atoms with Crippen molar-refractivity contribution in [3.63, 3.8) is 0 Å². The first-order valence-electron chi connectivity index (χ1n) is 6.80. The molecule has 10 heteroatoms. The average Bonchev–Trinajstić information content (AvgIpc) is 2.69. The summed E-state index contributed by atoms with van der Waals surface area (Å²) in [5.74, 6) is -3.53. The summed E-state index contributed by atoms with van der Waals surface area (Å²) in [6.07, 6.45) is 0.320. The number of sulfonamides is 1. The van der Waals surface area contributed by atoms with Crippen LogP contribution in [-0.2, 0) is 25.2 Å². The van der Waals surface area contributed by atoms with Crippen LogP contribution in [0.25, 0.3) is 0 Å². The Bertz CT molecular complexity index is 813. The van der Waals surface area contributed by atoms with Crippen LogP contribution in [0.3, 0.4) is 0 Å².